The first-order valence-corrected chi connectivity index (χ1v) is 23.0. The molecule has 14 unspecified atom stereocenters. The Bertz CT molecular complexity index is 1930. The lowest BCUT2D eigenvalue weighted by molar-refractivity contribution is -0.318. The molecule has 2 aromatic rings. The van der Waals surface area contributed by atoms with Gasteiger partial charge in [-0.1, -0.05) is 45.0 Å². The number of nitrogens with one attached hydrogen (secondary N) is 1. The molecule has 1 aromatic heterocycles. The van der Waals surface area contributed by atoms with Crippen molar-refractivity contribution in [3.05, 3.63) is 42.2 Å². The molecule has 0 aliphatic carbocycles. The van der Waals surface area contributed by atoms with E-state index in [1.54, 1.807) is 47.0 Å². The number of pyridine rings is 1. The molecular formula is C48H75N3O14. The number of benzene rings is 1. The van der Waals surface area contributed by atoms with Crippen LogP contribution in [-0.4, -0.2) is 165 Å². The van der Waals surface area contributed by atoms with Crippen molar-refractivity contribution in [2.45, 2.75) is 179 Å². The molecule has 4 heterocycles. The van der Waals surface area contributed by atoms with Gasteiger partial charge in [0.05, 0.1) is 54.1 Å². The SMILES string of the molecule is COC1(C)CC(OC2C(C)C(=O)O[C@H](CCNC(=O)Cc3cncc4ccccc34)C(C)(O)C(O)[C@@H](C)C(=O)[C@H](C)CC(C)(O)C(OC3OC(C)CC(N(C)C)C3O)[C@H]2C)OC(C)C1O. The number of ketones is 1. The van der Waals surface area contributed by atoms with Crippen LogP contribution in [0.5, 0.6) is 0 Å². The summed E-state index contributed by atoms with van der Waals surface area (Å²) in [7, 11) is 5.14. The minimum absolute atomic E-state index is 0.000837. The van der Waals surface area contributed by atoms with Crippen molar-refractivity contribution in [1.29, 1.82) is 0 Å². The zero-order chi connectivity index (χ0) is 48.3. The Morgan fingerprint density at radius 2 is 1.60 bits per heavy atom. The van der Waals surface area contributed by atoms with Gasteiger partial charge in [0.2, 0.25) is 5.91 Å². The number of ether oxygens (including phenoxy) is 6. The highest BCUT2D eigenvalue weighted by atomic mass is 16.7. The number of cyclic esters (lactones) is 1. The fourth-order valence-electron chi connectivity index (χ4n) is 10.2. The summed E-state index contributed by atoms with van der Waals surface area (Å²) in [5.41, 5.74) is -4.50. The molecule has 0 saturated carbocycles. The van der Waals surface area contributed by atoms with Crippen molar-refractivity contribution in [1.82, 2.24) is 15.2 Å². The van der Waals surface area contributed by atoms with Crippen molar-refractivity contribution in [2.24, 2.45) is 23.7 Å². The zero-order valence-corrected chi connectivity index (χ0v) is 40.2. The topological polar surface area (TPSA) is 236 Å². The molecule has 17 nitrogen and oxygen atoms in total. The summed E-state index contributed by atoms with van der Waals surface area (Å²) < 4.78 is 37.7. The zero-order valence-electron chi connectivity index (χ0n) is 40.2. The molecule has 3 aliphatic heterocycles. The molecule has 5 rings (SSSR count). The third-order valence-electron chi connectivity index (χ3n) is 14.3. The minimum atomic E-state index is -2.22. The first-order valence-electron chi connectivity index (χ1n) is 23.0. The highest BCUT2D eigenvalue weighted by Gasteiger charge is 2.53. The number of fused-ring (bicyclic) bond motifs is 1. The van der Waals surface area contributed by atoms with E-state index in [1.165, 1.54) is 27.9 Å². The summed E-state index contributed by atoms with van der Waals surface area (Å²) in [4.78, 5) is 48.4. The van der Waals surface area contributed by atoms with E-state index in [9.17, 15) is 39.9 Å². The van der Waals surface area contributed by atoms with Gasteiger partial charge in [-0.2, -0.15) is 0 Å². The van der Waals surface area contributed by atoms with E-state index in [1.807, 2.05) is 50.2 Å². The Balaban J connectivity index is 1.52. The molecule has 1 amide bonds. The molecular weight excluding hydrogens is 843 g/mol. The van der Waals surface area contributed by atoms with Crippen LogP contribution in [-0.2, 0) is 49.2 Å². The van der Waals surface area contributed by atoms with Crippen LogP contribution in [0.4, 0.5) is 0 Å². The molecule has 1 aromatic carbocycles. The second-order valence-electron chi connectivity index (χ2n) is 19.9. The van der Waals surface area contributed by atoms with Crippen LogP contribution in [0, 0.1) is 23.7 Å². The molecule has 18 atom stereocenters. The molecule has 0 radical (unpaired) electrons. The van der Waals surface area contributed by atoms with E-state index in [-0.39, 0.29) is 50.3 Å². The van der Waals surface area contributed by atoms with E-state index >= 15 is 0 Å². The minimum Gasteiger partial charge on any atom is -0.459 e. The predicted octanol–water partition coefficient (Wildman–Crippen LogP) is 2.67. The number of carbonyl (C=O) groups is 3. The van der Waals surface area contributed by atoms with Crippen molar-refractivity contribution in [2.75, 3.05) is 27.7 Å². The highest BCUT2D eigenvalue weighted by molar-refractivity contribution is 5.89. The number of aromatic nitrogens is 1. The first kappa shape index (κ1) is 52.8. The lowest BCUT2D eigenvalue weighted by Crippen LogP contribution is -2.61. The van der Waals surface area contributed by atoms with Crippen molar-refractivity contribution >= 4 is 28.4 Å². The van der Waals surface area contributed by atoms with Crippen LogP contribution in [0.1, 0.15) is 93.6 Å². The Kier molecular flexibility index (Phi) is 17.4. The maximum Gasteiger partial charge on any atom is 0.311 e. The molecule has 6 N–H and O–H groups in total. The Morgan fingerprint density at radius 1 is 0.923 bits per heavy atom. The number of esters is 1. The second kappa shape index (κ2) is 21.4. The number of amides is 1. The summed E-state index contributed by atoms with van der Waals surface area (Å²) in [6, 6.07) is 7.19. The number of aliphatic hydroxyl groups excluding tert-OH is 3. The molecule has 366 valence electrons. The average molecular weight is 918 g/mol. The van der Waals surface area contributed by atoms with Crippen molar-refractivity contribution in [3.8, 4) is 0 Å². The van der Waals surface area contributed by atoms with Crippen molar-refractivity contribution in [3.63, 3.8) is 0 Å². The Morgan fingerprint density at radius 3 is 2.26 bits per heavy atom. The van der Waals surface area contributed by atoms with Gasteiger partial charge >= 0.3 is 5.97 Å². The molecule has 17 heteroatoms. The number of hydrogen-bond acceptors (Lipinski definition) is 16. The molecule has 3 aliphatic rings. The number of methoxy groups -OCH3 is 1. The van der Waals surface area contributed by atoms with Crippen LogP contribution in [0.25, 0.3) is 10.8 Å². The number of Topliss-reactive ketones (excluding diaryl/α,β-unsaturated/α-hetero) is 1. The molecule has 3 saturated heterocycles. The Hall–Kier alpha value is -3.20. The van der Waals surface area contributed by atoms with Crippen LogP contribution in [0.2, 0.25) is 0 Å². The molecule has 3 fully saturated rings. The molecule has 65 heavy (non-hydrogen) atoms. The number of likely N-dealkylation sites (N-methyl/N-ethyl adjacent to an activating group) is 1. The van der Waals surface area contributed by atoms with E-state index in [2.05, 4.69) is 10.3 Å². The fraction of sp³-hybridized carbons (Fsp3) is 0.750. The highest BCUT2D eigenvalue weighted by Crippen LogP contribution is 2.41. The molecule has 0 bridgehead atoms. The third-order valence-corrected chi connectivity index (χ3v) is 14.3. The average Bonchev–Trinajstić information content (AvgIpc) is 3.25. The van der Waals surface area contributed by atoms with Gasteiger partial charge in [-0.05, 0) is 79.4 Å². The fourth-order valence-corrected chi connectivity index (χ4v) is 10.2. The number of carbonyl (C=O) groups excluding carboxylic acids is 3. The summed E-state index contributed by atoms with van der Waals surface area (Å²) in [6.07, 6.45) is -7.78. The lowest BCUT2D eigenvalue weighted by Gasteiger charge is -2.49. The summed E-state index contributed by atoms with van der Waals surface area (Å²) >= 11 is 0. The normalized spacial score (nSPS) is 41.5. The first-order chi connectivity index (χ1) is 30.3. The van der Waals surface area contributed by atoms with Gasteiger partial charge in [-0.25, -0.2) is 0 Å². The second-order valence-corrected chi connectivity index (χ2v) is 19.9. The van der Waals surface area contributed by atoms with Gasteiger partial charge in [0, 0.05) is 68.1 Å². The van der Waals surface area contributed by atoms with Crippen molar-refractivity contribution < 1.29 is 68.3 Å². The van der Waals surface area contributed by atoms with Gasteiger partial charge in [-0.3, -0.25) is 19.4 Å². The summed E-state index contributed by atoms with van der Waals surface area (Å²) in [6.45, 7) is 14.3. The lowest BCUT2D eigenvalue weighted by atomic mass is 9.74. The number of nitrogens with zero attached hydrogens (tertiary/aromatic N) is 2. The van der Waals surface area contributed by atoms with Crippen LogP contribution < -0.4 is 5.32 Å². The van der Waals surface area contributed by atoms with E-state index in [4.69, 9.17) is 28.4 Å². The standard InChI is InChI=1S/C48H75N3O14/c1-25-21-46(7,58)43(65-45-39(54)34(51(10)11)19-26(2)61-45)28(4)40(64-37-22-47(8,60-12)42(56)30(6)62-37)29(5)44(57)63-35(48(9,59)41(55)27(3)38(25)53)17-18-50-36(52)20-32-24-49-23-31-15-13-14-16-33(31)32/h13-16,23-30,34-35,37,39-43,45,54-56,58-59H,17-22H2,1-12H3,(H,50,52)/t25-,26?,27+,28+,29?,30?,34?,35-,37?,39?,40?,41?,42?,43?,45?,46?,47?,48?/m1/s1. The van der Waals surface area contributed by atoms with Gasteiger partial charge in [0.1, 0.15) is 29.7 Å². The third kappa shape index (κ3) is 11.9. The van der Waals surface area contributed by atoms with Gasteiger partial charge in [-0.15, -0.1) is 0 Å². The number of hydrogen-bond donors (Lipinski definition) is 6. The smallest absolute Gasteiger partial charge is 0.311 e. The summed E-state index contributed by atoms with van der Waals surface area (Å²) in [5.74, 6) is -5.96. The maximum atomic E-state index is 14.7. The summed E-state index contributed by atoms with van der Waals surface area (Å²) in [5, 5.41) is 63.8. The monoisotopic (exact) mass is 918 g/mol. The number of rotatable bonds is 11. The van der Waals surface area contributed by atoms with E-state index in [0.717, 1.165) is 10.8 Å². The predicted molar refractivity (Wildman–Crippen MR) is 239 cm³/mol. The van der Waals surface area contributed by atoms with Gasteiger partial charge in [0.15, 0.2) is 12.6 Å². The van der Waals surface area contributed by atoms with Crippen LogP contribution in [0.3, 0.4) is 0 Å². The maximum absolute atomic E-state index is 14.7. The molecule has 0 spiro atoms. The Labute approximate surface area is 383 Å². The van der Waals surface area contributed by atoms with E-state index in [0.29, 0.717) is 12.0 Å². The van der Waals surface area contributed by atoms with Gasteiger partial charge in [0.25, 0.3) is 0 Å². The largest absolute Gasteiger partial charge is 0.459 e. The quantitative estimate of drug-likeness (QED) is 0.178. The number of aliphatic hydroxyl groups is 5. The van der Waals surface area contributed by atoms with Crippen LogP contribution in [0.15, 0.2) is 36.7 Å². The van der Waals surface area contributed by atoms with Crippen LogP contribution >= 0.6 is 0 Å². The van der Waals surface area contributed by atoms with Gasteiger partial charge < -0.3 is 64.2 Å². The van der Waals surface area contributed by atoms with E-state index < -0.39 is 108 Å².